The molecule has 3 nitrogen and oxygen atoms in total. The number of hydrogen-bond acceptors (Lipinski definition) is 3. The molecule has 0 radical (unpaired) electrons. The van der Waals surface area contributed by atoms with E-state index in [4.69, 9.17) is 9.47 Å². The first-order chi connectivity index (χ1) is 9.22. The van der Waals surface area contributed by atoms with Crippen LogP contribution in [0.15, 0.2) is 18.2 Å². The van der Waals surface area contributed by atoms with E-state index < -0.39 is 0 Å². The summed E-state index contributed by atoms with van der Waals surface area (Å²) in [5, 5.41) is 10.3. The zero-order valence-corrected chi connectivity index (χ0v) is 11.5. The summed E-state index contributed by atoms with van der Waals surface area (Å²) in [5.74, 6) is 0.975. The molecule has 0 aromatic heterocycles. The highest BCUT2D eigenvalue weighted by molar-refractivity contribution is 5.41. The lowest BCUT2D eigenvalue weighted by atomic mass is 9.99. The maximum Gasteiger partial charge on any atom is 0.123 e. The van der Waals surface area contributed by atoms with Crippen LogP contribution in [0, 0.1) is 0 Å². The molecule has 0 spiro atoms. The topological polar surface area (TPSA) is 38.7 Å². The van der Waals surface area contributed by atoms with Crippen LogP contribution in [0.2, 0.25) is 0 Å². The van der Waals surface area contributed by atoms with Crippen molar-refractivity contribution < 1.29 is 14.6 Å². The molecule has 1 aromatic carbocycles. The van der Waals surface area contributed by atoms with Crippen molar-refractivity contribution in [2.75, 3.05) is 6.61 Å². The molecule has 19 heavy (non-hydrogen) atoms. The number of benzene rings is 1. The first kappa shape index (κ1) is 12.9. The van der Waals surface area contributed by atoms with Gasteiger partial charge >= 0.3 is 0 Å². The van der Waals surface area contributed by atoms with Crippen molar-refractivity contribution in [3.63, 3.8) is 0 Å². The SMILES string of the molecule is CC1Cc2cc(C(O)CCC3CCCO3)ccc2O1. The number of ether oxygens (including phenoxy) is 2. The Morgan fingerprint density at radius 3 is 3.11 bits per heavy atom. The third-order valence-corrected chi connectivity index (χ3v) is 4.09. The van der Waals surface area contributed by atoms with E-state index in [0.29, 0.717) is 6.10 Å². The van der Waals surface area contributed by atoms with Gasteiger partial charge in [-0.05, 0) is 55.9 Å². The number of aliphatic hydroxyl groups is 1. The van der Waals surface area contributed by atoms with Gasteiger partial charge in [-0.15, -0.1) is 0 Å². The fourth-order valence-corrected chi connectivity index (χ4v) is 3.03. The van der Waals surface area contributed by atoms with Gasteiger partial charge in [0, 0.05) is 13.0 Å². The van der Waals surface area contributed by atoms with E-state index in [2.05, 4.69) is 13.0 Å². The molecule has 0 aliphatic carbocycles. The molecule has 3 atom stereocenters. The van der Waals surface area contributed by atoms with Gasteiger partial charge in [0.1, 0.15) is 11.9 Å². The highest BCUT2D eigenvalue weighted by Crippen LogP contribution is 2.32. The number of aliphatic hydroxyl groups excluding tert-OH is 1. The second kappa shape index (κ2) is 5.51. The molecule has 0 amide bonds. The van der Waals surface area contributed by atoms with Gasteiger partial charge in [-0.25, -0.2) is 0 Å². The predicted octanol–water partition coefficient (Wildman–Crippen LogP) is 3.00. The minimum atomic E-state index is -0.384. The third kappa shape index (κ3) is 2.93. The van der Waals surface area contributed by atoms with Crippen LogP contribution >= 0.6 is 0 Å². The predicted molar refractivity (Wildman–Crippen MR) is 73.4 cm³/mol. The highest BCUT2D eigenvalue weighted by Gasteiger charge is 2.21. The van der Waals surface area contributed by atoms with Crippen molar-refractivity contribution in [1.82, 2.24) is 0 Å². The van der Waals surface area contributed by atoms with Gasteiger partial charge in [0.2, 0.25) is 0 Å². The van der Waals surface area contributed by atoms with Crippen molar-refractivity contribution in [2.24, 2.45) is 0 Å². The Morgan fingerprint density at radius 2 is 2.32 bits per heavy atom. The molecule has 1 N–H and O–H groups in total. The van der Waals surface area contributed by atoms with Gasteiger partial charge in [0.15, 0.2) is 0 Å². The summed E-state index contributed by atoms with van der Waals surface area (Å²) in [4.78, 5) is 0. The normalized spacial score (nSPS) is 27.1. The summed E-state index contributed by atoms with van der Waals surface area (Å²) in [6, 6.07) is 6.07. The third-order valence-electron chi connectivity index (χ3n) is 4.09. The molecule has 2 aliphatic rings. The maximum absolute atomic E-state index is 10.3. The van der Waals surface area contributed by atoms with Gasteiger partial charge in [0.25, 0.3) is 0 Å². The smallest absolute Gasteiger partial charge is 0.123 e. The number of hydrogen-bond donors (Lipinski definition) is 1. The summed E-state index contributed by atoms with van der Waals surface area (Å²) in [7, 11) is 0. The molecule has 1 saturated heterocycles. The van der Waals surface area contributed by atoms with E-state index in [1.54, 1.807) is 0 Å². The molecule has 3 unspecified atom stereocenters. The molecule has 1 fully saturated rings. The van der Waals surface area contributed by atoms with Crippen LogP contribution in [0.25, 0.3) is 0 Å². The summed E-state index contributed by atoms with van der Waals surface area (Å²) < 4.78 is 11.3. The Hall–Kier alpha value is -1.06. The summed E-state index contributed by atoms with van der Waals surface area (Å²) >= 11 is 0. The van der Waals surface area contributed by atoms with E-state index in [1.807, 2.05) is 12.1 Å². The van der Waals surface area contributed by atoms with Crippen molar-refractivity contribution in [1.29, 1.82) is 0 Å². The van der Waals surface area contributed by atoms with Crippen LogP contribution < -0.4 is 4.74 Å². The maximum atomic E-state index is 10.3. The van der Waals surface area contributed by atoms with Crippen molar-refractivity contribution in [2.45, 2.75) is 57.3 Å². The zero-order chi connectivity index (χ0) is 13.2. The van der Waals surface area contributed by atoms with Crippen molar-refractivity contribution >= 4 is 0 Å². The second-order valence-corrected chi connectivity index (χ2v) is 5.73. The van der Waals surface area contributed by atoms with Gasteiger partial charge in [0.05, 0.1) is 12.2 Å². The average Bonchev–Trinajstić information content (AvgIpc) is 3.02. The molecule has 3 rings (SSSR count). The molecule has 2 aliphatic heterocycles. The van der Waals surface area contributed by atoms with Crippen LogP contribution in [-0.4, -0.2) is 23.9 Å². The van der Waals surface area contributed by atoms with Gasteiger partial charge in [-0.2, -0.15) is 0 Å². The van der Waals surface area contributed by atoms with Gasteiger partial charge in [-0.1, -0.05) is 6.07 Å². The van der Waals surface area contributed by atoms with E-state index >= 15 is 0 Å². The second-order valence-electron chi connectivity index (χ2n) is 5.73. The van der Waals surface area contributed by atoms with Crippen LogP contribution in [0.1, 0.15) is 49.8 Å². The highest BCUT2D eigenvalue weighted by atomic mass is 16.5. The lowest BCUT2D eigenvalue weighted by Gasteiger charge is -2.14. The van der Waals surface area contributed by atoms with E-state index in [1.165, 1.54) is 5.56 Å². The molecule has 3 heteroatoms. The summed E-state index contributed by atoms with van der Waals surface area (Å²) in [6.07, 6.45) is 5.20. The molecule has 0 bridgehead atoms. The van der Waals surface area contributed by atoms with E-state index in [9.17, 15) is 5.11 Å². The standard InChI is InChI=1S/C16H22O3/c1-11-9-13-10-12(4-7-16(13)19-11)15(17)6-5-14-3-2-8-18-14/h4,7,10-11,14-15,17H,2-3,5-6,8-9H2,1H3. The van der Waals surface area contributed by atoms with Crippen LogP contribution in [0.4, 0.5) is 0 Å². The quantitative estimate of drug-likeness (QED) is 0.906. The fraction of sp³-hybridized carbons (Fsp3) is 0.625. The van der Waals surface area contributed by atoms with Crippen LogP contribution in [0.3, 0.4) is 0 Å². The van der Waals surface area contributed by atoms with E-state index in [0.717, 1.165) is 50.0 Å². The van der Waals surface area contributed by atoms with Gasteiger partial charge < -0.3 is 14.6 Å². The summed E-state index contributed by atoms with van der Waals surface area (Å²) in [6.45, 7) is 2.96. The first-order valence-electron chi connectivity index (χ1n) is 7.31. The minimum absolute atomic E-state index is 0.259. The Balaban J connectivity index is 1.60. The lowest BCUT2D eigenvalue weighted by Crippen LogP contribution is -2.08. The largest absolute Gasteiger partial charge is 0.490 e. The molecule has 1 aromatic rings. The zero-order valence-electron chi connectivity index (χ0n) is 11.5. The number of rotatable bonds is 4. The minimum Gasteiger partial charge on any atom is -0.490 e. The lowest BCUT2D eigenvalue weighted by molar-refractivity contribution is 0.0812. The molecule has 0 saturated carbocycles. The van der Waals surface area contributed by atoms with Crippen LogP contribution in [0.5, 0.6) is 5.75 Å². The Bertz CT molecular complexity index is 438. The Kier molecular flexibility index (Phi) is 3.76. The van der Waals surface area contributed by atoms with Crippen LogP contribution in [-0.2, 0) is 11.2 Å². The van der Waals surface area contributed by atoms with E-state index in [-0.39, 0.29) is 12.2 Å². The molecular weight excluding hydrogens is 240 g/mol. The van der Waals surface area contributed by atoms with Crippen molar-refractivity contribution in [3.8, 4) is 5.75 Å². The van der Waals surface area contributed by atoms with Gasteiger partial charge in [-0.3, -0.25) is 0 Å². The average molecular weight is 262 g/mol. The molecular formula is C16H22O3. The monoisotopic (exact) mass is 262 g/mol. The number of fused-ring (bicyclic) bond motifs is 1. The summed E-state index contributed by atoms with van der Waals surface area (Å²) in [5.41, 5.74) is 2.23. The molecule has 2 heterocycles. The first-order valence-corrected chi connectivity index (χ1v) is 7.31. The molecule has 104 valence electrons. The Labute approximate surface area is 114 Å². The fourth-order valence-electron chi connectivity index (χ4n) is 3.03. The Morgan fingerprint density at radius 1 is 1.42 bits per heavy atom. The van der Waals surface area contributed by atoms with Crippen molar-refractivity contribution in [3.05, 3.63) is 29.3 Å².